The Hall–Kier alpha value is -9.27. The van der Waals surface area contributed by atoms with Gasteiger partial charge in [-0.05, 0) is 29.7 Å². The maximum Gasteiger partial charge on any atom is 0.475 e. The van der Waals surface area contributed by atoms with E-state index in [4.69, 9.17) is 51.0 Å². The molecule has 0 radical (unpaired) electrons. The van der Waals surface area contributed by atoms with Crippen LogP contribution in [0.15, 0.2) is 105 Å². The van der Waals surface area contributed by atoms with E-state index in [0.29, 0.717) is 10.8 Å². The van der Waals surface area contributed by atoms with Gasteiger partial charge in [0.15, 0.2) is 17.0 Å². The lowest BCUT2D eigenvalue weighted by Gasteiger charge is -2.27. The molecule has 2 aromatic carbocycles. The lowest BCUT2D eigenvalue weighted by molar-refractivity contribution is -0.151. The molecule has 4 saturated heterocycles. The summed E-state index contributed by atoms with van der Waals surface area (Å²) in [6, 6.07) is 13.6. The topological polar surface area (TPSA) is 474 Å². The molecular weight excluding hydrogens is 1330 g/mol. The Kier molecular flexibility index (Phi) is 19.3. The number of aromatic nitrogens is 10. The molecule has 512 valence electrons. The zero-order valence-corrected chi connectivity index (χ0v) is 53.1. The van der Waals surface area contributed by atoms with E-state index < -0.39 is 180 Å². The summed E-state index contributed by atoms with van der Waals surface area (Å²) < 4.78 is 99.6. The van der Waals surface area contributed by atoms with E-state index >= 15 is 4.57 Å². The van der Waals surface area contributed by atoms with Crippen LogP contribution in [-0.2, 0) is 79.3 Å². The Bertz CT molecular complexity index is 4590. The summed E-state index contributed by atoms with van der Waals surface area (Å²) in [7, 11) is -10.7. The molecule has 14 atom stereocenters. The molecule has 0 saturated carbocycles. The van der Waals surface area contributed by atoms with Crippen LogP contribution in [0.5, 0.6) is 0 Å². The van der Waals surface area contributed by atoms with Crippen molar-refractivity contribution >= 4 is 90.6 Å². The predicted octanol–water partition coefficient (Wildman–Crippen LogP) is 1.80. The number of nitrogens with zero attached hydrogens (tertiary/aromatic N) is 10. The van der Waals surface area contributed by atoms with Gasteiger partial charge in [0.2, 0.25) is 11.8 Å². The minimum Gasteiger partial charge on any atom is -0.460 e. The van der Waals surface area contributed by atoms with Gasteiger partial charge in [-0.15, -0.1) is 0 Å². The number of carbonyl (C=O) groups excluding carboxylic acids is 6. The summed E-state index contributed by atoms with van der Waals surface area (Å²) in [5, 5.41) is 16.5. The summed E-state index contributed by atoms with van der Waals surface area (Å²) >= 11 is 0. The number of anilines is 3. The molecule has 97 heavy (non-hydrogen) atoms. The molecule has 10 heterocycles. The number of imide groups is 1. The van der Waals surface area contributed by atoms with Gasteiger partial charge in [-0.3, -0.25) is 79.4 Å². The number of imidazole rings is 1. The number of rotatable bonds is 23. The molecular formula is C57H59N13O25P2. The van der Waals surface area contributed by atoms with Crippen molar-refractivity contribution in [1.29, 1.82) is 0 Å². The van der Waals surface area contributed by atoms with E-state index in [2.05, 4.69) is 40.5 Å². The molecule has 0 bridgehead atoms. The Morgan fingerprint density at radius 3 is 1.60 bits per heavy atom. The smallest absolute Gasteiger partial charge is 0.460 e. The molecule has 5 aliphatic rings. The molecule has 4 fully saturated rings. The summed E-state index contributed by atoms with van der Waals surface area (Å²) in [5.41, 5.74) is -3.19. The molecule has 5 aliphatic heterocycles. The first kappa shape index (κ1) is 67.7. The standard InChI is InChI=1S/C57H59N13O25P2/c1-27(72)61-42-11-14-66(55(79)63-42)45-17-34(88-29(3)74)39(91-45)22-85-96(82,83)94-37-20-48(69-26-60-50-51(69)58-25-59-52(50)70-53(77)32-9-5-7-31-8-6-10-33(49(31)32)54(70)78)93-41(37)24-87-97(84,95-36-19-47(90-38(36)21-71)68-16-13-44(76)65-57(68)81)86-23-40-35(89-30(4)75)18-46(92-40)67-15-12-43(62-28(2)73)64-56(67)80/h5-16,25-26,34-41,45-48,71H,17-24H2,1-4H3,(H,82,83)(H,65,76,81)(H,61,63,72,79)(H,62,64,73,80)/t34?,35?,36?,37?,38-,39?,40?,41+,45?,46?,47-,48+,97?/m1/s1. The largest absolute Gasteiger partial charge is 0.475 e. The molecule has 5 aromatic heterocycles. The minimum absolute atomic E-state index is 0.0522. The number of carbonyl (C=O) groups is 6. The van der Waals surface area contributed by atoms with E-state index in [1.165, 1.54) is 49.3 Å². The second-order valence-corrected chi connectivity index (χ2v) is 25.6. The number of aromatic amines is 1. The SMILES string of the molecule is CC(=O)Nc1ccn(C2CC(OC(C)=O)C(COP(=O)(O)OC3C[C@@H](n4cnc5c(N6C(=O)c7cccc8cccc(c78)C6=O)ncnc54)O[C@H]3COP(=O)(OCC3OC(n4ccc(NC(C)=O)nc4=O)CC3OC(C)=O)OC3C[C@H](n4ccc(=O)[nH]c4=O)O[C@@H]3CO)O2)c(=O)n1. The van der Waals surface area contributed by atoms with Crippen molar-refractivity contribution in [1.82, 2.24) is 48.2 Å². The summed E-state index contributed by atoms with van der Waals surface area (Å²) in [6.45, 7) is 1.13. The molecule has 40 heteroatoms. The summed E-state index contributed by atoms with van der Waals surface area (Å²) in [5.74, 6) is -4.44. The van der Waals surface area contributed by atoms with Crippen LogP contribution in [0, 0.1) is 0 Å². The number of aliphatic hydroxyl groups excluding tert-OH is 1. The highest BCUT2D eigenvalue weighted by molar-refractivity contribution is 7.48. The number of hydrogen-bond donors (Lipinski definition) is 5. The van der Waals surface area contributed by atoms with Crippen LogP contribution in [0.2, 0.25) is 0 Å². The van der Waals surface area contributed by atoms with Crippen LogP contribution in [0.1, 0.15) is 99.0 Å². The Morgan fingerprint density at radius 1 is 0.598 bits per heavy atom. The number of aliphatic hydroxyl groups is 1. The first-order valence-electron chi connectivity index (χ1n) is 29.7. The molecule has 0 aliphatic carbocycles. The molecule has 5 N–H and O–H groups in total. The van der Waals surface area contributed by atoms with Crippen molar-refractivity contribution in [2.75, 3.05) is 42.0 Å². The molecule has 0 spiro atoms. The van der Waals surface area contributed by atoms with E-state index in [1.807, 2.05) is 0 Å². The Balaban J connectivity index is 0.850. The molecule has 4 amide bonds. The predicted molar refractivity (Wildman–Crippen MR) is 325 cm³/mol. The maximum absolute atomic E-state index is 15.6. The van der Waals surface area contributed by atoms with Crippen LogP contribution in [0.3, 0.4) is 0 Å². The first-order chi connectivity index (χ1) is 46.3. The number of phosphoric acid groups is 2. The van der Waals surface area contributed by atoms with Crippen molar-refractivity contribution in [3.05, 3.63) is 139 Å². The number of hydrogen-bond acceptors (Lipinski definition) is 29. The fourth-order valence-corrected chi connectivity index (χ4v) is 14.2. The summed E-state index contributed by atoms with van der Waals surface area (Å²) in [6.07, 6.45) is -11.7. The highest BCUT2D eigenvalue weighted by Gasteiger charge is 2.50. The van der Waals surface area contributed by atoms with Crippen LogP contribution >= 0.6 is 15.6 Å². The van der Waals surface area contributed by atoms with Gasteiger partial charge in [0.25, 0.3) is 17.4 Å². The molecule has 12 rings (SSSR count). The van der Waals surface area contributed by atoms with Crippen LogP contribution < -0.4 is 38.2 Å². The van der Waals surface area contributed by atoms with Crippen LogP contribution in [-0.4, -0.2) is 169 Å². The lowest BCUT2D eigenvalue weighted by atomic mass is 9.94. The summed E-state index contributed by atoms with van der Waals surface area (Å²) in [4.78, 5) is 164. The number of esters is 2. The van der Waals surface area contributed by atoms with E-state index in [9.17, 15) is 62.5 Å². The molecule has 10 unspecified atom stereocenters. The van der Waals surface area contributed by atoms with Gasteiger partial charge in [-0.1, -0.05) is 24.3 Å². The highest BCUT2D eigenvalue weighted by atomic mass is 31.2. The van der Waals surface area contributed by atoms with Crippen molar-refractivity contribution in [2.24, 2.45) is 0 Å². The second-order valence-electron chi connectivity index (χ2n) is 22.6. The number of H-pyrrole nitrogens is 1. The Morgan fingerprint density at radius 2 is 1.08 bits per heavy atom. The monoisotopic (exact) mass is 1390 g/mol. The van der Waals surface area contributed by atoms with Gasteiger partial charge in [0.05, 0.1) is 32.8 Å². The van der Waals surface area contributed by atoms with Gasteiger partial charge in [-0.25, -0.2) is 43.4 Å². The molecule has 7 aromatic rings. The molecule has 38 nitrogen and oxygen atoms in total. The fourth-order valence-electron chi connectivity index (χ4n) is 11.8. The van der Waals surface area contributed by atoms with Gasteiger partial charge < -0.3 is 49.1 Å². The van der Waals surface area contributed by atoms with Crippen LogP contribution in [0.4, 0.5) is 17.5 Å². The van der Waals surface area contributed by atoms with Gasteiger partial charge in [0, 0.05) is 94.5 Å². The quantitative estimate of drug-likeness (QED) is 0.0346. The average molecular weight is 1390 g/mol. The third-order valence-electron chi connectivity index (χ3n) is 15.9. The van der Waals surface area contributed by atoms with E-state index in [0.717, 1.165) is 51.0 Å². The van der Waals surface area contributed by atoms with Crippen molar-refractivity contribution in [2.45, 2.75) is 127 Å². The fraction of sp³-hybridized carbons (Fsp3) is 0.421. The number of phosphoric ester groups is 2. The number of nitrogens with one attached hydrogen (secondary N) is 3. The Labute approximate surface area is 543 Å². The van der Waals surface area contributed by atoms with Crippen molar-refractivity contribution < 1.29 is 98.9 Å². The van der Waals surface area contributed by atoms with Crippen LogP contribution in [0.25, 0.3) is 21.9 Å². The third kappa shape index (κ3) is 14.6. The number of amides is 4. The first-order valence-corrected chi connectivity index (χ1v) is 32.7. The van der Waals surface area contributed by atoms with Gasteiger partial charge in [0.1, 0.15) is 91.7 Å². The zero-order chi connectivity index (χ0) is 68.8. The minimum atomic E-state index is -5.42. The highest BCUT2D eigenvalue weighted by Crippen LogP contribution is 2.56. The lowest BCUT2D eigenvalue weighted by Crippen LogP contribution is -2.41. The third-order valence-corrected chi connectivity index (χ3v) is 18.4. The van der Waals surface area contributed by atoms with Gasteiger partial charge in [-0.2, -0.15) is 9.97 Å². The normalized spacial score (nSPS) is 25.9. The average Bonchev–Trinajstić information content (AvgIpc) is 1.10. The van der Waals surface area contributed by atoms with Gasteiger partial charge >= 0.3 is 44.7 Å². The van der Waals surface area contributed by atoms with Crippen molar-refractivity contribution in [3.63, 3.8) is 0 Å². The zero-order valence-electron chi connectivity index (χ0n) is 51.3. The van der Waals surface area contributed by atoms with E-state index in [1.54, 1.807) is 36.4 Å². The number of fused-ring (bicyclic) bond motifs is 1. The number of benzene rings is 2. The second kappa shape index (κ2) is 27.7. The van der Waals surface area contributed by atoms with Crippen molar-refractivity contribution in [3.8, 4) is 0 Å². The van der Waals surface area contributed by atoms with E-state index in [-0.39, 0.29) is 59.0 Å². The maximum atomic E-state index is 15.6. The number of ether oxygens (including phenoxy) is 6.